The van der Waals surface area contributed by atoms with Crippen LogP contribution in [0.15, 0.2) is 53.4 Å². The van der Waals surface area contributed by atoms with Crippen molar-refractivity contribution >= 4 is 16.0 Å². The van der Waals surface area contributed by atoms with Crippen LogP contribution < -0.4 is 4.74 Å². The summed E-state index contributed by atoms with van der Waals surface area (Å²) in [6.45, 7) is 4.15. The smallest absolute Gasteiger partial charge is 0.343 e. The van der Waals surface area contributed by atoms with Gasteiger partial charge < -0.3 is 4.74 Å². The Morgan fingerprint density at radius 1 is 1.08 bits per heavy atom. The number of sulfonamides is 1. The molecule has 2 rings (SSSR count). The van der Waals surface area contributed by atoms with Crippen molar-refractivity contribution in [3.8, 4) is 5.75 Å². The summed E-state index contributed by atoms with van der Waals surface area (Å²) in [4.78, 5) is 12.5. The first kappa shape index (κ1) is 19.1. The van der Waals surface area contributed by atoms with E-state index < -0.39 is 16.0 Å². The second kappa shape index (κ2) is 7.80. The van der Waals surface area contributed by atoms with Crippen molar-refractivity contribution in [2.45, 2.75) is 31.1 Å². The second-order valence-electron chi connectivity index (χ2n) is 6.05. The van der Waals surface area contributed by atoms with Gasteiger partial charge in [0.25, 0.3) is 0 Å². The quantitative estimate of drug-likeness (QED) is 0.582. The van der Waals surface area contributed by atoms with Gasteiger partial charge in [-0.05, 0) is 48.2 Å². The Kier molecular flexibility index (Phi) is 5.98. The Bertz CT molecular complexity index is 842. The SMILES string of the molecule is CCC(C)c1ccccc1OC(=O)c1ccc(S(=O)(=O)N(C)C)cc1. The summed E-state index contributed by atoms with van der Waals surface area (Å²) >= 11 is 0. The summed E-state index contributed by atoms with van der Waals surface area (Å²) in [6, 6.07) is 13.2. The highest BCUT2D eigenvalue weighted by Crippen LogP contribution is 2.29. The summed E-state index contributed by atoms with van der Waals surface area (Å²) in [5.74, 6) is 0.299. The molecule has 1 atom stereocenters. The van der Waals surface area contributed by atoms with Crippen LogP contribution in [0.25, 0.3) is 0 Å². The predicted octanol–water partition coefficient (Wildman–Crippen LogP) is 3.67. The van der Waals surface area contributed by atoms with E-state index in [9.17, 15) is 13.2 Å². The number of carbonyl (C=O) groups excluding carboxylic acids is 1. The maximum Gasteiger partial charge on any atom is 0.343 e. The molecule has 0 spiro atoms. The summed E-state index contributed by atoms with van der Waals surface area (Å²) in [6.07, 6.45) is 0.936. The van der Waals surface area contributed by atoms with E-state index in [0.717, 1.165) is 16.3 Å². The van der Waals surface area contributed by atoms with E-state index >= 15 is 0 Å². The Hall–Kier alpha value is -2.18. The molecule has 0 aliphatic carbocycles. The zero-order valence-corrected chi connectivity index (χ0v) is 15.7. The number of hydrogen-bond acceptors (Lipinski definition) is 4. The van der Waals surface area contributed by atoms with Gasteiger partial charge in [-0.25, -0.2) is 17.5 Å². The number of nitrogens with zero attached hydrogens (tertiary/aromatic N) is 1. The highest BCUT2D eigenvalue weighted by atomic mass is 32.2. The van der Waals surface area contributed by atoms with E-state index in [1.807, 2.05) is 18.2 Å². The van der Waals surface area contributed by atoms with Crippen LogP contribution in [0.1, 0.15) is 42.1 Å². The van der Waals surface area contributed by atoms with Crippen molar-refractivity contribution in [1.29, 1.82) is 0 Å². The van der Waals surface area contributed by atoms with Gasteiger partial charge in [0.05, 0.1) is 10.5 Å². The van der Waals surface area contributed by atoms with Gasteiger partial charge in [-0.3, -0.25) is 0 Å². The van der Waals surface area contributed by atoms with E-state index in [2.05, 4.69) is 13.8 Å². The van der Waals surface area contributed by atoms with Crippen molar-refractivity contribution in [2.75, 3.05) is 14.1 Å². The van der Waals surface area contributed by atoms with Crippen LogP contribution in [0.2, 0.25) is 0 Å². The molecule has 0 aliphatic rings. The molecule has 0 aromatic heterocycles. The van der Waals surface area contributed by atoms with E-state index in [0.29, 0.717) is 11.3 Å². The van der Waals surface area contributed by atoms with Crippen LogP contribution >= 0.6 is 0 Å². The first-order chi connectivity index (χ1) is 11.8. The van der Waals surface area contributed by atoms with Gasteiger partial charge in [0.1, 0.15) is 5.75 Å². The molecule has 6 heteroatoms. The molecule has 0 amide bonds. The fourth-order valence-corrected chi connectivity index (χ4v) is 3.23. The third kappa shape index (κ3) is 4.27. The maximum atomic E-state index is 12.4. The molecule has 0 radical (unpaired) electrons. The topological polar surface area (TPSA) is 63.7 Å². The first-order valence-corrected chi connectivity index (χ1v) is 9.55. The number of rotatable bonds is 6. The van der Waals surface area contributed by atoms with E-state index in [4.69, 9.17) is 4.74 Å². The molecule has 5 nitrogen and oxygen atoms in total. The highest BCUT2D eigenvalue weighted by Gasteiger charge is 2.19. The largest absolute Gasteiger partial charge is 0.423 e. The Labute approximate surface area is 149 Å². The monoisotopic (exact) mass is 361 g/mol. The van der Waals surface area contributed by atoms with Crippen molar-refractivity contribution < 1.29 is 17.9 Å². The van der Waals surface area contributed by atoms with E-state index in [-0.39, 0.29) is 10.8 Å². The van der Waals surface area contributed by atoms with E-state index in [1.165, 1.54) is 38.4 Å². The Balaban J connectivity index is 2.23. The number of benzene rings is 2. The van der Waals surface area contributed by atoms with Crippen LogP contribution in [0.3, 0.4) is 0 Å². The molecule has 2 aromatic rings. The van der Waals surface area contributed by atoms with Crippen LogP contribution in [0, 0.1) is 0 Å². The summed E-state index contributed by atoms with van der Waals surface area (Å²) < 4.78 is 30.8. The van der Waals surface area contributed by atoms with Crippen LogP contribution in [-0.2, 0) is 10.0 Å². The minimum absolute atomic E-state index is 0.133. The van der Waals surface area contributed by atoms with Crippen molar-refractivity contribution in [1.82, 2.24) is 4.31 Å². The standard InChI is InChI=1S/C19H23NO4S/c1-5-14(2)17-8-6-7-9-18(17)24-19(21)15-10-12-16(13-11-15)25(22,23)20(3)4/h6-14H,5H2,1-4H3. The van der Waals surface area contributed by atoms with Gasteiger partial charge in [0.15, 0.2) is 0 Å². The number of esters is 1. The molecule has 0 saturated carbocycles. The number of carbonyl (C=O) groups is 1. The van der Waals surface area contributed by atoms with Crippen molar-refractivity contribution in [3.05, 3.63) is 59.7 Å². The third-order valence-electron chi connectivity index (χ3n) is 4.13. The molecule has 1 unspecified atom stereocenters. The van der Waals surface area contributed by atoms with Crippen molar-refractivity contribution in [3.63, 3.8) is 0 Å². The molecule has 0 fully saturated rings. The molecule has 0 saturated heterocycles. The second-order valence-corrected chi connectivity index (χ2v) is 8.20. The van der Waals surface area contributed by atoms with Crippen molar-refractivity contribution in [2.24, 2.45) is 0 Å². The fourth-order valence-electron chi connectivity index (χ4n) is 2.33. The zero-order chi connectivity index (χ0) is 18.6. The van der Waals surface area contributed by atoms with Gasteiger partial charge in [0, 0.05) is 14.1 Å². The van der Waals surface area contributed by atoms with Gasteiger partial charge in [-0.2, -0.15) is 0 Å². The average Bonchev–Trinajstić information content (AvgIpc) is 2.61. The van der Waals surface area contributed by atoms with E-state index in [1.54, 1.807) is 6.07 Å². The normalized spacial score (nSPS) is 12.8. The van der Waals surface area contributed by atoms with Gasteiger partial charge in [-0.15, -0.1) is 0 Å². The third-order valence-corrected chi connectivity index (χ3v) is 5.96. The molecular weight excluding hydrogens is 338 g/mol. The lowest BCUT2D eigenvalue weighted by Crippen LogP contribution is -2.22. The summed E-state index contributed by atoms with van der Waals surface area (Å²) in [7, 11) is -0.595. The lowest BCUT2D eigenvalue weighted by molar-refractivity contribution is 0.0732. The predicted molar refractivity (Wildman–Crippen MR) is 97.4 cm³/mol. The molecular formula is C19H23NO4S. The molecule has 2 aromatic carbocycles. The minimum atomic E-state index is -3.52. The minimum Gasteiger partial charge on any atom is -0.423 e. The molecule has 0 aliphatic heterocycles. The van der Waals surface area contributed by atoms with Gasteiger partial charge in [0.2, 0.25) is 10.0 Å². The first-order valence-electron chi connectivity index (χ1n) is 8.11. The fraction of sp³-hybridized carbons (Fsp3) is 0.316. The lowest BCUT2D eigenvalue weighted by atomic mass is 9.98. The van der Waals surface area contributed by atoms with Crippen LogP contribution in [0.5, 0.6) is 5.75 Å². The average molecular weight is 361 g/mol. The summed E-state index contributed by atoms with van der Waals surface area (Å²) in [5.41, 5.74) is 1.28. The van der Waals surface area contributed by atoms with Gasteiger partial charge in [-0.1, -0.05) is 32.0 Å². The van der Waals surface area contributed by atoms with Gasteiger partial charge >= 0.3 is 5.97 Å². The molecule has 0 bridgehead atoms. The molecule has 25 heavy (non-hydrogen) atoms. The zero-order valence-electron chi connectivity index (χ0n) is 14.9. The Morgan fingerprint density at radius 3 is 2.24 bits per heavy atom. The Morgan fingerprint density at radius 2 is 1.68 bits per heavy atom. The lowest BCUT2D eigenvalue weighted by Gasteiger charge is -2.15. The van der Waals surface area contributed by atoms with Crippen LogP contribution in [0.4, 0.5) is 0 Å². The molecule has 0 N–H and O–H groups in total. The highest BCUT2D eigenvalue weighted by molar-refractivity contribution is 7.89. The molecule has 0 heterocycles. The number of hydrogen-bond donors (Lipinski definition) is 0. The van der Waals surface area contributed by atoms with Crippen LogP contribution in [-0.4, -0.2) is 32.8 Å². The maximum absolute atomic E-state index is 12.4. The number of para-hydroxylation sites is 1. The summed E-state index contributed by atoms with van der Waals surface area (Å²) in [5, 5.41) is 0. The molecule has 134 valence electrons. The number of ether oxygens (including phenoxy) is 1.